The van der Waals surface area contributed by atoms with Crippen molar-refractivity contribution in [2.75, 3.05) is 13.7 Å². The van der Waals surface area contributed by atoms with Crippen molar-refractivity contribution < 1.29 is 9.53 Å². The van der Waals surface area contributed by atoms with Crippen molar-refractivity contribution in [3.05, 3.63) is 0 Å². The zero-order valence-corrected chi connectivity index (χ0v) is 10.9. The molecule has 4 nitrogen and oxygen atoms in total. The minimum Gasteiger partial charge on any atom is -0.378 e. The van der Waals surface area contributed by atoms with E-state index in [1.165, 1.54) is 6.42 Å². The molecule has 0 aromatic rings. The molecule has 1 amide bonds. The van der Waals surface area contributed by atoms with Gasteiger partial charge in [-0.25, -0.2) is 0 Å². The maximum atomic E-state index is 12.0. The van der Waals surface area contributed by atoms with E-state index < -0.39 is 0 Å². The van der Waals surface area contributed by atoms with Gasteiger partial charge in [0.1, 0.15) is 0 Å². The highest BCUT2D eigenvalue weighted by molar-refractivity contribution is 5.77. The molecule has 0 bridgehead atoms. The maximum absolute atomic E-state index is 12.0. The van der Waals surface area contributed by atoms with E-state index in [-0.39, 0.29) is 17.6 Å². The number of hydrogen-bond donors (Lipinski definition) is 2. The second-order valence-corrected chi connectivity index (χ2v) is 5.48. The number of hydrogen-bond acceptors (Lipinski definition) is 3. The molecule has 1 heterocycles. The molecule has 0 spiro atoms. The van der Waals surface area contributed by atoms with E-state index >= 15 is 0 Å². The Hall–Kier alpha value is -0.610. The van der Waals surface area contributed by atoms with Gasteiger partial charge in [0.15, 0.2) is 0 Å². The summed E-state index contributed by atoms with van der Waals surface area (Å²) in [7, 11) is 1.72. The van der Waals surface area contributed by atoms with Gasteiger partial charge in [0.05, 0.1) is 12.0 Å². The number of rotatable bonds is 4. The predicted molar refractivity (Wildman–Crippen MR) is 66.8 cm³/mol. The summed E-state index contributed by atoms with van der Waals surface area (Å²) in [5.74, 6) is 0.145. The van der Waals surface area contributed by atoms with Crippen LogP contribution in [0.1, 0.15) is 45.4 Å². The summed E-state index contributed by atoms with van der Waals surface area (Å²) >= 11 is 0. The first-order chi connectivity index (χ1) is 8.15. The Morgan fingerprint density at radius 1 is 1.47 bits per heavy atom. The molecule has 0 aromatic heterocycles. The molecule has 0 aromatic carbocycles. The highest BCUT2D eigenvalue weighted by Gasteiger charge is 2.39. The van der Waals surface area contributed by atoms with Gasteiger partial charge in [0, 0.05) is 19.2 Å². The number of carbonyl (C=O) groups excluding carboxylic acids is 1. The molecule has 2 atom stereocenters. The van der Waals surface area contributed by atoms with E-state index in [1.807, 2.05) is 0 Å². The molecule has 98 valence electrons. The van der Waals surface area contributed by atoms with Crippen molar-refractivity contribution in [1.29, 1.82) is 0 Å². The van der Waals surface area contributed by atoms with E-state index in [0.717, 1.165) is 32.2 Å². The zero-order valence-electron chi connectivity index (χ0n) is 10.9. The number of methoxy groups -OCH3 is 1. The third kappa shape index (κ3) is 2.99. The third-order valence-electron chi connectivity index (χ3n) is 4.29. The lowest BCUT2D eigenvalue weighted by atomic mass is 9.77. The van der Waals surface area contributed by atoms with Gasteiger partial charge in [-0.05, 0) is 45.6 Å². The van der Waals surface area contributed by atoms with Crippen LogP contribution in [0, 0.1) is 0 Å². The Morgan fingerprint density at radius 2 is 2.24 bits per heavy atom. The molecule has 4 heteroatoms. The van der Waals surface area contributed by atoms with Crippen LogP contribution in [0.4, 0.5) is 0 Å². The molecule has 1 saturated carbocycles. The number of nitrogens with one attached hydrogen (secondary N) is 2. The van der Waals surface area contributed by atoms with E-state index in [4.69, 9.17) is 4.74 Å². The van der Waals surface area contributed by atoms with Crippen molar-refractivity contribution >= 4 is 5.91 Å². The SMILES string of the molecule is COC1(CC(=O)NC2CCCNC2C)CCC1. The Morgan fingerprint density at radius 3 is 2.76 bits per heavy atom. The summed E-state index contributed by atoms with van der Waals surface area (Å²) < 4.78 is 5.48. The first-order valence-corrected chi connectivity index (χ1v) is 6.73. The minimum atomic E-state index is -0.157. The molecule has 2 rings (SSSR count). The van der Waals surface area contributed by atoms with Gasteiger partial charge < -0.3 is 15.4 Å². The number of ether oxygens (including phenoxy) is 1. The first kappa shape index (κ1) is 12.8. The van der Waals surface area contributed by atoms with Gasteiger partial charge in [-0.2, -0.15) is 0 Å². The second-order valence-electron chi connectivity index (χ2n) is 5.48. The molecular weight excluding hydrogens is 216 g/mol. The number of amides is 1. The number of carbonyl (C=O) groups is 1. The van der Waals surface area contributed by atoms with Crippen LogP contribution in [0.5, 0.6) is 0 Å². The molecule has 1 aliphatic carbocycles. The third-order valence-corrected chi connectivity index (χ3v) is 4.29. The Kier molecular flexibility index (Phi) is 4.05. The van der Waals surface area contributed by atoms with E-state index in [0.29, 0.717) is 12.5 Å². The van der Waals surface area contributed by atoms with Crippen LogP contribution >= 0.6 is 0 Å². The molecule has 2 aliphatic rings. The lowest BCUT2D eigenvalue weighted by molar-refractivity contribution is -0.135. The minimum absolute atomic E-state index is 0.145. The maximum Gasteiger partial charge on any atom is 0.223 e. The standard InChI is InChI=1S/C13H24N2O2/c1-10-11(5-3-8-14-10)15-12(16)9-13(17-2)6-4-7-13/h10-11,14H,3-9H2,1-2H3,(H,15,16). The van der Waals surface area contributed by atoms with E-state index in [1.54, 1.807) is 7.11 Å². The summed E-state index contributed by atoms with van der Waals surface area (Å²) in [6.45, 7) is 3.20. The molecule has 2 N–H and O–H groups in total. The molecular formula is C13H24N2O2. The molecule has 2 unspecified atom stereocenters. The molecule has 2 fully saturated rings. The quantitative estimate of drug-likeness (QED) is 0.776. The van der Waals surface area contributed by atoms with Crippen LogP contribution in [0.3, 0.4) is 0 Å². The van der Waals surface area contributed by atoms with Crippen LogP contribution in [0.2, 0.25) is 0 Å². The average molecular weight is 240 g/mol. The van der Waals surface area contributed by atoms with Crippen molar-refractivity contribution in [1.82, 2.24) is 10.6 Å². The zero-order chi connectivity index (χ0) is 12.3. The molecule has 1 saturated heterocycles. The smallest absolute Gasteiger partial charge is 0.223 e. The van der Waals surface area contributed by atoms with Crippen LogP contribution < -0.4 is 10.6 Å². The van der Waals surface area contributed by atoms with Crippen LogP contribution in [0.25, 0.3) is 0 Å². The Balaban J connectivity index is 1.80. The lowest BCUT2D eigenvalue weighted by Crippen LogP contribution is -2.53. The van der Waals surface area contributed by atoms with Gasteiger partial charge in [0.25, 0.3) is 0 Å². The van der Waals surface area contributed by atoms with Gasteiger partial charge >= 0.3 is 0 Å². The van der Waals surface area contributed by atoms with Gasteiger partial charge in [-0.15, -0.1) is 0 Å². The van der Waals surface area contributed by atoms with Crippen molar-refractivity contribution in [3.63, 3.8) is 0 Å². The monoisotopic (exact) mass is 240 g/mol. The van der Waals surface area contributed by atoms with Crippen molar-refractivity contribution in [2.45, 2.75) is 63.1 Å². The largest absolute Gasteiger partial charge is 0.378 e. The molecule has 1 aliphatic heterocycles. The summed E-state index contributed by atoms with van der Waals surface area (Å²) in [5.41, 5.74) is -0.157. The fourth-order valence-electron chi connectivity index (χ4n) is 2.82. The highest BCUT2D eigenvalue weighted by Crippen LogP contribution is 2.37. The molecule has 17 heavy (non-hydrogen) atoms. The summed E-state index contributed by atoms with van der Waals surface area (Å²) in [4.78, 5) is 12.0. The van der Waals surface area contributed by atoms with Crippen molar-refractivity contribution in [3.8, 4) is 0 Å². The fraction of sp³-hybridized carbons (Fsp3) is 0.923. The van der Waals surface area contributed by atoms with E-state index in [9.17, 15) is 4.79 Å². The van der Waals surface area contributed by atoms with Crippen LogP contribution in [0.15, 0.2) is 0 Å². The lowest BCUT2D eigenvalue weighted by Gasteiger charge is -2.40. The normalized spacial score (nSPS) is 31.6. The fourth-order valence-corrected chi connectivity index (χ4v) is 2.82. The van der Waals surface area contributed by atoms with E-state index in [2.05, 4.69) is 17.6 Å². The Labute approximate surface area is 103 Å². The van der Waals surface area contributed by atoms with Crippen molar-refractivity contribution in [2.24, 2.45) is 0 Å². The van der Waals surface area contributed by atoms with Crippen LogP contribution in [-0.4, -0.2) is 37.2 Å². The summed E-state index contributed by atoms with van der Waals surface area (Å²) in [6, 6.07) is 0.665. The first-order valence-electron chi connectivity index (χ1n) is 6.73. The van der Waals surface area contributed by atoms with Gasteiger partial charge in [-0.1, -0.05) is 0 Å². The van der Waals surface area contributed by atoms with Gasteiger partial charge in [-0.3, -0.25) is 4.79 Å². The highest BCUT2D eigenvalue weighted by atomic mass is 16.5. The summed E-state index contributed by atoms with van der Waals surface area (Å²) in [6.07, 6.45) is 5.98. The topological polar surface area (TPSA) is 50.4 Å². The second kappa shape index (κ2) is 5.36. The predicted octanol–water partition coefficient (Wildman–Crippen LogP) is 1.20. The Bertz CT molecular complexity index is 271. The summed E-state index contributed by atoms with van der Waals surface area (Å²) in [5, 5.41) is 6.54. The average Bonchev–Trinajstić information content (AvgIpc) is 2.27. The number of piperidine rings is 1. The van der Waals surface area contributed by atoms with Crippen LogP contribution in [-0.2, 0) is 9.53 Å². The van der Waals surface area contributed by atoms with Gasteiger partial charge in [0.2, 0.25) is 5.91 Å². The molecule has 0 radical (unpaired) electrons.